The van der Waals surface area contributed by atoms with Gasteiger partial charge < -0.3 is 4.57 Å². The number of alkyl halides is 1. The molecule has 0 saturated heterocycles. The number of aryl methyl sites for hydroxylation is 3. The lowest BCUT2D eigenvalue weighted by atomic mass is 10.3. The lowest BCUT2D eigenvalue weighted by Gasteiger charge is -2.06. The lowest BCUT2D eigenvalue weighted by Crippen LogP contribution is -2.05. The van der Waals surface area contributed by atoms with Crippen LogP contribution in [0, 0.1) is 6.92 Å². The van der Waals surface area contributed by atoms with E-state index in [0.29, 0.717) is 5.88 Å². The Morgan fingerprint density at radius 3 is 2.94 bits per heavy atom. The Labute approximate surface area is 107 Å². The fraction of sp³-hybridized carbons (Fsp3) is 0.538. The van der Waals surface area contributed by atoms with Crippen molar-refractivity contribution in [1.29, 1.82) is 0 Å². The molecule has 2 heterocycles. The highest BCUT2D eigenvalue weighted by Gasteiger charge is 2.10. The van der Waals surface area contributed by atoms with E-state index in [0.717, 1.165) is 41.9 Å². The zero-order chi connectivity index (χ0) is 12.3. The summed E-state index contributed by atoms with van der Waals surface area (Å²) in [4.78, 5) is 9.13. The predicted octanol–water partition coefficient (Wildman–Crippen LogP) is 3.32. The number of rotatable bonds is 5. The molecule has 0 fully saturated rings. The van der Waals surface area contributed by atoms with Gasteiger partial charge >= 0.3 is 0 Å². The van der Waals surface area contributed by atoms with Gasteiger partial charge in [0.25, 0.3) is 0 Å². The Bertz CT molecular complexity index is 505. The minimum atomic E-state index is 0.606. The summed E-state index contributed by atoms with van der Waals surface area (Å²) < 4.78 is 2.21. The van der Waals surface area contributed by atoms with Gasteiger partial charge in [-0.05, 0) is 25.0 Å². The molecule has 0 N–H and O–H groups in total. The number of fused-ring (bicyclic) bond motifs is 1. The second-order valence-electron chi connectivity index (χ2n) is 4.33. The highest BCUT2D eigenvalue weighted by molar-refractivity contribution is 6.17. The molecule has 2 aromatic rings. The summed E-state index contributed by atoms with van der Waals surface area (Å²) in [5, 5.41) is 0. The first kappa shape index (κ1) is 12.4. The second kappa shape index (κ2) is 5.50. The SMILES string of the molecule is CCCCn1c(CCCl)nc2cc(C)cnc21. The maximum Gasteiger partial charge on any atom is 0.160 e. The van der Waals surface area contributed by atoms with Gasteiger partial charge in [0.05, 0.1) is 0 Å². The van der Waals surface area contributed by atoms with Crippen molar-refractivity contribution in [3.05, 3.63) is 23.7 Å². The Kier molecular flexibility index (Phi) is 4.00. The van der Waals surface area contributed by atoms with Crippen molar-refractivity contribution in [1.82, 2.24) is 14.5 Å². The molecule has 0 aliphatic rings. The van der Waals surface area contributed by atoms with Gasteiger partial charge in [0.15, 0.2) is 5.65 Å². The summed E-state index contributed by atoms with van der Waals surface area (Å²) in [6.07, 6.45) is 5.03. The molecule has 92 valence electrons. The summed E-state index contributed by atoms with van der Waals surface area (Å²) in [6.45, 7) is 5.21. The molecule has 0 radical (unpaired) electrons. The van der Waals surface area contributed by atoms with Gasteiger partial charge in [0.1, 0.15) is 11.3 Å². The van der Waals surface area contributed by atoms with Crippen LogP contribution in [0.25, 0.3) is 11.2 Å². The minimum Gasteiger partial charge on any atom is -0.313 e. The number of unbranched alkanes of at least 4 members (excludes halogenated alkanes) is 1. The average molecular weight is 252 g/mol. The topological polar surface area (TPSA) is 30.7 Å². The molecule has 0 saturated carbocycles. The van der Waals surface area contributed by atoms with Gasteiger partial charge in [-0.15, -0.1) is 11.6 Å². The highest BCUT2D eigenvalue weighted by Crippen LogP contribution is 2.17. The van der Waals surface area contributed by atoms with Crippen LogP contribution >= 0.6 is 11.6 Å². The molecule has 2 rings (SSSR count). The molecule has 0 aliphatic carbocycles. The maximum absolute atomic E-state index is 5.83. The monoisotopic (exact) mass is 251 g/mol. The van der Waals surface area contributed by atoms with E-state index in [2.05, 4.69) is 27.5 Å². The summed E-state index contributed by atoms with van der Waals surface area (Å²) in [7, 11) is 0. The zero-order valence-corrected chi connectivity index (χ0v) is 11.2. The van der Waals surface area contributed by atoms with Crippen molar-refractivity contribution in [2.75, 3.05) is 5.88 Å². The summed E-state index contributed by atoms with van der Waals surface area (Å²) in [6, 6.07) is 2.09. The number of halogens is 1. The summed E-state index contributed by atoms with van der Waals surface area (Å²) in [5.41, 5.74) is 3.13. The molecular weight excluding hydrogens is 234 g/mol. The third-order valence-corrected chi connectivity index (χ3v) is 3.04. The van der Waals surface area contributed by atoms with Crippen LogP contribution in [0.15, 0.2) is 12.3 Å². The normalized spacial score (nSPS) is 11.2. The van der Waals surface area contributed by atoms with E-state index in [9.17, 15) is 0 Å². The van der Waals surface area contributed by atoms with E-state index in [4.69, 9.17) is 11.6 Å². The van der Waals surface area contributed by atoms with Crippen molar-refractivity contribution in [2.24, 2.45) is 0 Å². The van der Waals surface area contributed by atoms with Crippen LogP contribution in [0.1, 0.15) is 31.2 Å². The van der Waals surface area contributed by atoms with Crippen molar-refractivity contribution in [2.45, 2.75) is 39.7 Å². The largest absolute Gasteiger partial charge is 0.313 e. The zero-order valence-electron chi connectivity index (χ0n) is 10.4. The molecule has 0 amide bonds. The molecule has 3 nitrogen and oxygen atoms in total. The van der Waals surface area contributed by atoms with Crippen molar-refractivity contribution < 1.29 is 0 Å². The molecule has 0 unspecified atom stereocenters. The molecule has 0 aromatic carbocycles. The number of hydrogen-bond donors (Lipinski definition) is 0. The predicted molar refractivity (Wildman–Crippen MR) is 71.6 cm³/mol. The Hall–Kier alpha value is -1.09. The molecule has 0 atom stereocenters. The number of nitrogens with zero attached hydrogens (tertiary/aromatic N) is 3. The van der Waals surface area contributed by atoms with E-state index in [1.54, 1.807) is 0 Å². The van der Waals surface area contributed by atoms with Crippen molar-refractivity contribution in [3.8, 4) is 0 Å². The van der Waals surface area contributed by atoms with E-state index < -0.39 is 0 Å². The van der Waals surface area contributed by atoms with E-state index in [1.165, 1.54) is 6.42 Å². The third-order valence-electron chi connectivity index (χ3n) is 2.85. The van der Waals surface area contributed by atoms with E-state index in [-0.39, 0.29) is 0 Å². The van der Waals surface area contributed by atoms with Crippen LogP contribution in [0.3, 0.4) is 0 Å². The summed E-state index contributed by atoms with van der Waals surface area (Å²) in [5.74, 6) is 1.66. The minimum absolute atomic E-state index is 0.606. The molecule has 4 heteroatoms. The fourth-order valence-electron chi connectivity index (χ4n) is 1.99. The molecule has 0 aliphatic heterocycles. The first-order chi connectivity index (χ1) is 8.26. The van der Waals surface area contributed by atoms with Crippen molar-refractivity contribution in [3.63, 3.8) is 0 Å². The van der Waals surface area contributed by atoms with Crippen LogP contribution in [-0.4, -0.2) is 20.4 Å². The average Bonchev–Trinajstić information content (AvgIpc) is 2.63. The molecule has 0 bridgehead atoms. The number of hydrogen-bond acceptors (Lipinski definition) is 2. The fourth-order valence-corrected chi connectivity index (χ4v) is 2.15. The first-order valence-electron chi connectivity index (χ1n) is 6.14. The van der Waals surface area contributed by atoms with Gasteiger partial charge in [-0.1, -0.05) is 13.3 Å². The highest BCUT2D eigenvalue weighted by atomic mass is 35.5. The standard InChI is InChI=1S/C13H18ClN3/c1-3-4-7-17-12(5-6-14)16-11-8-10(2)9-15-13(11)17/h8-9H,3-7H2,1-2H3. The van der Waals surface area contributed by atoms with E-state index in [1.807, 2.05) is 13.1 Å². The molecule has 0 spiro atoms. The molecular formula is C13H18ClN3. The van der Waals surface area contributed by atoms with Gasteiger partial charge in [-0.25, -0.2) is 9.97 Å². The van der Waals surface area contributed by atoms with Gasteiger partial charge in [-0.2, -0.15) is 0 Å². The van der Waals surface area contributed by atoms with Gasteiger partial charge in [0, 0.05) is 25.0 Å². The quantitative estimate of drug-likeness (QED) is 0.764. The van der Waals surface area contributed by atoms with Crippen LogP contribution < -0.4 is 0 Å². The number of pyridine rings is 1. The maximum atomic E-state index is 5.83. The van der Waals surface area contributed by atoms with Crippen LogP contribution in [0.4, 0.5) is 0 Å². The van der Waals surface area contributed by atoms with Crippen LogP contribution in [-0.2, 0) is 13.0 Å². The van der Waals surface area contributed by atoms with Crippen LogP contribution in [0.5, 0.6) is 0 Å². The van der Waals surface area contributed by atoms with Gasteiger partial charge in [0.2, 0.25) is 0 Å². The molecule has 2 aromatic heterocycles. The number of imidazole rings is 1. The first-order valence-corrected chi connectivity index (χ1v) is 6.67. The van der Waals surface area contributed by atoms with E-state index >= 15 is 0 Å². The smallest absolute Gasteiger partial charge is 0.160 e. The Morgan fingerprint density at radius 2 is 2.24 bits per heavy atom. The van der Waals surface area contributed by atoms with Gasteiger partial charge in [-0.3, -0.25) is 0 Å². The number of aromatic nitrogens is 3. The third kappa shape index (κ3) is 2.60. The molecule has 17 heavy (non-hydrogen) atoms. The Balaban J connectivity index is 2.46. The van der Waals surface area contributed by atoms with Crippen molar-refractivity contribution >= 4 is 22.8 Å². The van der Waals surface area contributed by atoms with Crippen LogP contribution in [0.2, 0.25) is 0 Å². The second-order valence-corrected chi connectivity index (χ2v) is 4.71. The lowest BCUT2D eigenvalue weighted by molar-refractivity contribution is 0.616. The summed E-state index contributed by atoms with van der Waals surface area (Å²) >= 11 is 5.83. The Morgan fingerprint density at radius 1 is 1.41 bits per heavy atom.